The van der Waals surface area contributed by atoms with Crippen molar-refractivity contribution in [3.8, 4) is 0 Å². The topological polar surface area (TPSA) is 29.3 Å². The predicted molar refractivity (Wildman–Crippen MR) is 77.4 cm³/mol. The summed E-state index contributed by atoms with van der Waals surface area (Å²) in [5.74, 6) is -3.76. The molecule has 5 heteroatoms. The van der Waals surface area contributed by atoms with Gasteiger partial charge in [-0.3, -0.25) is 4.90 Å². The fourth-order valence-electron chi connectivity index (χ4n) is 3.74. The van der Waals surface area contributed by atoms with Gasteiger partial charge in [-0.2, -0.15) is 0 Å². The van der Waals surface area contributed by atoms with E-state index in [4.69, 9.17) is 5.73 Å². The number of likely N-dealkylation sites (N-methyl/N-ethyl adjacent to an activating group) is 1. The molecule has 2 nitrogen and oxygen atoms in total. The second kappa shape index (κ2) is 6.36. The van der Waals surface area contributed by atoms with Gasteiger partial charge in [-0.05, 0) is 32.0 Å². The average molecular weight is 300 g/mol. The van der Waals surface area contributed by atoms with Gasteiger partial charge in [0.1, 0.15) is 0 Å². The summed E-state index contributed by atoms with van der Waals surface area (Å²) in [4.78, 5) is 2.23. The van der Waals surface area contributed by atoms with Gasteiger partial charge < -0.3 is 5.73 Å². The molecule has 0 aliphatic heterocycles. The smallest absolute Gasteiger partial charge is 0.194 e. The molecular formula is C16H23F3N2. The molecule has 0 spiro atoms. The van der Waals surface area contributed by atoms with E-state index in [9.17, 15) is 13.2 Å². The molecule has 0 radical (unpaired) electrons. The van der Waals surface area contributed by atoms with E-state index in [2.05, 4.69) is 4.90 Å². The fraction of sp³-hybridized carbons (Fsp3) is 0.625. The first-order valence-electron chi connectivity index (χ1n) is 7.62. The molecule has 1 unspecified atom stereocenters. The van der Waals surface area contributed by atoms with Crippen molar-refractivity contribution in [2.45, 2.75) is 51.1 Å². The van der Waals surface area contributed by atoms with E-state index in [1.54, 1.807) is 0 Å². The molecule has 1 aliphatic rings. The maximum atomic E-state index is 14.1. The first kappa shape index (κ1) is 16.3. The first-order valence-corrected chi connectivity index (χ1v) is 7.62. The Balaban J connectivity index is 2.44. The Morgan fingerprint density at radius 2 is 1.67 bits per heavy atom. The maximum Gasteiger partial charge on any atom is 0.194 e. The summed E-state index contributed by atoms with van der Waals surface area (Å²) in [5.41, 5.74) is 6.04. The molecule has 0 amide bonds. The van der Waals surface area contributed by atoms with Gasteiger partial charge in [0.2, 0.25) is 0 Å². The van der Waals surface area contributed by atoms with E-state index in [0.29, 0.717) is 0 Å². The highest BCUT2D eigenvalue weighted by molar-refractivity contribution is 5.27. The van der Waals surface area contributed by atoms with Gasteiger partial charge in [-0.1, -0.05) is 32.8 Å². The van der Waals surface area contributed by atoms with Gasteiger partial charge in [0, 0.05) is 11.1 Å². The predicted octanol–water partition coefficient (Wildman–Crippen LogP) is 3.76. The van der Waals surface area contributed by atoms with Crippen LogP contribution in [-0.2, 0) is 0 Å². The van der Waals surface area contributed by atoms with Gasteiger partial charge >= 0.3 is 0 Å². The van der Waals surface area contributed by atoms with Crippen LogP contribution in [0.25, 0.3) is 0 Å². The van der Waals surface area contributed by atoms with Crippen molar-refractivity contribution >= 4 is 0 Å². The summed E-state index contributed by atoms with van der Waals surface area (Å²) in [6.07, 6.45) is 3.76. The lowest BCUT2D eigenvalue weighted by Crippen LogP contribution is -2.54. The van der Waals surface area contributed by atoms with Crippen molar-refractivity contribution in [1.82, 2.24) is 4.90 Å². The highest BCUT2D eigenvalue weighted by atomic mass is 19.2. The standard InChI is InChI=1S/C16H23F3N2/c1-3-21(4-2)16(9-5-6-10-16)15(20)11-7-8-12(17)14(19)13(11)18/h7-8,15H,3-6,9-10,20H2,1-2H3. The summed E-state index contributed by atoms with van der Waals surface area (Å²) in [6.45, 7) is 5.68. The molecular weight excluding hydrogens is 277 g/mol. The molecule has 1 saturated carbocycles. The minimum Gasteiger partial charge on any atom is -0.322 e. The molecule has 1 atom stereocenters. The molecule has 0 aromatic heterocycles. The second-order valence-corrected chi connectivity index (χ2v) is 5.73. The van der Waals surface area contributed by atoms with Crippen LogP contribution in [0.5, 0.6) is 0 Å². The van der Waals surface area contributed by atoms with E-state index < -0.39 is 23.5 Å². The number of hydrogen-bond donors (Lipinski definition) is 1. The van der Waals surface area contributed by atoms with Crippen LogP contribution in [-0.4, -0.2) is 23.5 Å². The number of benzene rings is 1. The second-order valence-electron chi connectivity index (χ2n) is 5.73. The van der Waals surface area contributed by atoms with Crippen LogP contribution in [0.1, 0.15) is 51.1 Å². The highest BCUT2D eigenvalue weighted by Gasteiger charge is 2.45. The Morgan fingerprint density at radius 3 is 2.19 bits per heavy atom. The number of rotatable bonds is 5. The largest absolute Gasteiger partial charge is 0.322 e. The van der Waals surface area contributed by atoms with Crippen LogP contribution in [0.4, 0.5) is 13.2 Å². The third kappa shape index (κ3) is 2.69. The van der Waals surface area contributed by atoms with Gasteiger partial charge in [-0.15, -0.1) is 0 Å². The third-order valence-electron chi connectivity index (χ3n) is 4.84. The summed E-state index contributed by atoms with van der Waals surface area (Å²) in [7, 11) is 0. The first-order chi connectivity index (χ1) is 9.97. The van der Waals surface area contributed by atoms with Crippen molar-refractivity contribution in [2.75, 3.05) is 13.1 Å². The van der Waals surface area contributed by atoms with Crippen LogP contribution in [0.2, 0.25) is 0 Å². The molecule has 1 fully saturated rings. The van der Waals surface area contributed by atoms with Gasteiger partial charge in [-0.25, -0.2) is 13.2 Å². The molecule has 21 heavy (non-hydrogen) atoms. The number of nitrogens with two attached hydrogens (primary N) is 1. The number of hydrogen-bond acceptors (Lipinski definition) is 2. The zero-order valence-corrected chi connectivity index (χ0v) is 12.6. The summed E-state index contributed by atoms with van der Waals surface area (Å²) < 4.78 is 40.7. The Morgan fingerprint density at radius 1 is 1.10 bits per heavy atom. The summed E-state index contributed by atoms with van der Waals surface area (Å²) >= 11 is 0. The lowest BCUT2D eigenvalue weighted by Gasteiger charge is -2.45. The molecule has 0 heterocycles. The number of halogens is 3. The Hall–Kier alpha value is -1.07. The van der Waals surface area contributed by atoms with Gasteiger partial charge in [0.25, 0.3) is 0 Å². The minimum atomic E-state index is -1.43. The van der Waals surface area contributed by atoms with Gasteiger partial charge in [0.15, 0.2) is 17.5 Å². The van der Waals surface area contributed by atoms with Gasteiger partial charge in [0.05, 0.1) is 6.04 Å². The molecule has 0 saturated heterocycles. The Bertz CT molecular complexity index is 495. The lowest BCUT2D eigenvalue weighted by molar-refractivity contribution is 0.0755. The third-order valence-corrected chi connectivity index (χ3v) is 4.84. The zero-order chi connectivity index (χ0) is 15.6. The summed E-state index contributed by atoms with van der Waals surface area (Å²) in [5, 5.41) is 0. The Kier molecular flexibility index (Phi) is 4.94. The molecule has 118 valence electrons. The van der Waals surface area contributed by atoms with Crippen molar-refractivity contribution in [1.29, 1.82) is 0 Å². The number of nitrogens with zero attached hydrogens (tertiary/aromatic N) is 1. The SMILES string of the molecule is CCN(CC)C1(C(N)c2ccc(F)c(F)c2F)CCCC1. The highest BCUT2D eigenvalue weighted by Crippen LogP contribution is 2.44. The van der Waals surface area contributed by atoms with Crippen LogP contribution in [0.15, 0.2) is 12.1 Å². The molecule has 0 bridgehead atoms. The fourth-order valence-corrected chi connectivity index (χ4v) is 3.74. The van der Waals surface area contributed by atoms with Crippen molar-refractivity contribution in [3.05, 3.63) is 35.1 Å². The normalized spacial score (nSPS) is 19.2. The lowest BCUT2D eigenvalue weighted by atomic mass is 9.82. The van der Waals surface area contributed by atoms with E-state index in [0.717, 1.165) is 44.8 Å². The van der Waals surface area contributed by atoms with E-state index in [-0.39, 0.29) is 11.1 Å². The van der Waals surface area contributed by atoms with Crippen molar-refractivity contribution in [3.63, 3.8) is 0 Å². The van der Waals surface area contributed by atoms with Crippen molar-refractivity contribution < 1.29 is 13.2 Å². The van der Waals surface area contributed by atoms with Crippen LogP contribution < -0.4 is 5.73 Å². The quantitative estimate of drug-likeness (QED) is 0.839. The molecule has 1 aliphatic carbocycles. The maximum absolute atomic E-state index is 14.1. The van der Waals surface area contributed by atoms with Crippen LogP contribution in [0, 0.1) is 17.5 Å². The molecule has 2 N–H and O–H groups in total. The summed E-state index contributed by atoms with van der Waals surface area (Å²) in [6, 6.07) is 1.58. The zero-order valence-electron chi connectivity index (χ0n) is 12.6. The molecule has 1 aromatic rings. The van der Waals surface area contributed by atoms with E-state index in [1.807, 2.05) is 13.8 Å². The monoisotopic (exact) mass is 300 g/mol. The Labute approximate surface area is 124 Å². The molecule has 1 aromatic carbocycles. The molecule has 2 rings (SSSR count). The van der Waals surface area contributed by atoms with Crippen molar-refractivity contribution in [2.24, 2.45) is 5.73 Å². The van der Waals surface area contributed by atoms with Crippen LogP contribution >= 0.6 is 0 Å². The van der Waals surface area contributed by atoms with E-state index >= 15 is 0 Å². The van der Waals surface area contributed by atoms with Crippen LogP contribution in [0.3, 0.4) is 0 Å². The van der Waals surface area contributed by atoms with E-state index in [1.165, 1.54) is 6.07 Å². The average Bonchev–Trinajstić information content (AvgIpc) is 2.96. The minimum absolute atomic E-state index is 0.0719.